The number of fused-ring (bicyclic) bond motifs is 3. The highest BCUT2D eigenvalue weighted by molar-refractivity contribution is 5.86. The van der Waals surface area contributed by atoms with Crippen molar-refractivity contribution in [2.75, 3.05) is 13.6 Å². The molecule has 4 nitrogen and oxygen atoms in total. The van der Waals surface area contributed by atoms with E-state index in [2.05, 4.69) is 53.5 Å². The van der Waals surface area contributed by atoms with Gasteiger partial charge in [-0.1, -0.05) is 18.6 Å². The number of hydrogen-bond donors (Lipinski definition) is 1. The minimum Gasteiger partial charge on any atom is -0.383 e. The molecule has 1 N–H and O–H groups in total. The Balaban J connectivity index is 1.86. The number of rotatable bonds is 4. The van der Waals surface area contributed by atoms with Gasteiger partial charge < -0.3 is 14.6 Å². The summed E-state index contributed by atoms with van der Waals surface area (Å²) in [6.45, 7) is 6.81. The zero-order valence-corrected chi connectivity index (χ0v) is 15.9. The standard InChI is InChI=1S/C22H27N3O/c1-4-22(26,17-7-10-23-11-8-17)15-25-20-6-5-16(2)13-18(20)19-14-24(3)12-9-21(19)25/h5-8,10-11,13,26H,4,9,12,14-15H2,1-3H3/t22-/m1/s1. The third kappa shape index (κ3) is 2.83. The molecule has 136 valence electrons. The first-order chi connectivity index (χ1) is 12.5. The minimum absolute atomic E-state index is 0.576. The molecule has 1 atom stereocenters. The van der Waals surface area contributed by atoms with Crippen LogP contribution < -0.4 is 0 Å². The Bertz CT molecular complexity index is 931. The van der Waals surface area contributed by atoms with E-state index in [0.29, 0.717) is 13.0 Å². The van der Waals surface area contributed by atoms with Gasteiger partial charge in [0.05, 0.1) is 6.54 Å². The number of benzene rings is 1. The Morgan fingerprint density at radius 3 is 2.69 bits per heavy atom. The topological polar surface area (TPSA) is 41.3 Å². The predicted molar refractivity (Wildman–Crippen MR) is 105 cm³/mol. The van der Waals surface area contributed by atoms with Crippen molar-refractivity contribution in [3.8, 4) is 0 Å². The molecule has 1 aliphatic heterocycles. The van der Waals surface area contributed by atoms with Gasteiger partial charge in [-0.3, -0.25) is 4.98 Å². The van der Waals surface area contributed by atoms with Crippen molar-refractivity contribution in [3.05, 3.63) is 65.1 Å². The molecule has 0 radical (unpaired) electrons. The Labute approximate surface area is 155 Å². The molecule has 3 heterocycles. The number of aryl methyl sites for hydroxylation is 1. The molecule has 0 amide bonds. The normalized spacial score (nSPS) is 17.2. The summed E-state index contributed by atoms with van der Waals surface area (Å²) in [6.07, 6.45) is 5.21. The van der Waals surface area contributed by atoms with E-state index in [-0.39, 0.29) is 0 Å². The largest absolute Gasteiger partial charge is 0.383 e. The van der Waals surface area contributed by atoms with Crippen LogP contribution in [0.2, 0.25) is 0 Å². The summed E-state index contributed by atoms with van der Waals surface area (Å²) >= 11 is 0. The molecule has 0 saturated carbocycles. The summed E-state index contributed by atoms with van der Waals surface area (Å²) in [5, 5.41) is 12.8. The first-order valence-corrected chi connectivity index (χ1v) is 9.44. The molecule has 0 saturated heterocycles. The Morgan fingerprint density at radius 1 is 1.19 bits per heavy atom. The van der Waals surface area contributed by atoms with Crippen LogP contribution in [-0.4, -0.2) is 33.1 Å². The van der Waals surface area contributed by atoms with Gasteiger partial charge in [-0.2, -0.15) is 0 Å². The monoisotopic (exact) mass is 349 g/mol. The molecule has 0 aliphatic carbocycles. The van der Waals surface area contributed by atoms with E-state index in [1.807, 2.05) is 12.1 Å². The fraction of sp³-hybridized carbons (Fsp3) is 0.409. The van der Waals surface area contributed by atoms with Crippen molar-refractivity contribution in [2.24, 2.45) is 0 Å². The van der Waals surface area contributed by atoms with Gasteiger partial charge in [0.2, 0.25) is 0 Å². The first-order valence-electron chi connectivity index (χ1n) is 9.44. The molecular weight excluding hydrogens is 322 g/mol. The molecule has 2 aromatic heterocycles. The SMILES string of the molecule is CC[C@@](O)(Cn1c2c(c3cc(C)ccc31)CN(C)CC2)c1ccncc1. The molecule has 4 rings (SSSR count). The zero-order chi connectivity index (χ0) is 18.3. The summed E-state index contributed by atoms with van der Waals surface area (Å²) in [5.74, 6) is 0. The van der Waals surface area contributed by atoms with Crippen LogP contribution in [0.5, 0.6) is 0 Å². The van der Waals surface area contributed by atoms with Gasteiger partial charge in [0.25, 0.3) is 0 Å². The summed E-state index contributed by atoms with van der Waals surface area (Å²) in [4.78, 5) is 6.48. The Kier molecular flexibility index (Phi) is 4.33. The summed E-state index contributed by atoms with van der Waals surface area (Å²) < 4.78 is 2.36. The summed E-state index contributed by atoms with van der Waals surface area (Å²) in [7, 11) is 2.18. The first kappa shape index (κ1) is 17.3. The fourth-order valence-electron chi connectivity index (χ4n) is 4.21. The Morgan fingerprint density at radius 2 is 1.96 bits per heavy atom. The maximum atomic E-state index is 11.5. The van der Waals surface area contributed by atoms with E-state index in [0.717, 1.165) is 25.1 Å². The lowest BCUT2D eigenvalue weighted by molar-refractivity contribution is 0.0145. The van der Waals surface area contributed by atoms with Crippen LogP contribution in [0, 0.1) is 6.92 Å². The van der Waals surface area contributed by atoms with Gasteiger partial charge >= 0.3 is 0 Å². The van der Waals surface area contributed by atoms with Crippen LogP contribution in [0.3, 0.4) is 0 Å². The van der Waals surface area contributed by atoms with E-state index in [1.165, 1.54) is 27.7 Å². The number of aliphatic hydroxyl groups is 1. The van der Waals surface area contributed by atoms with E-state index in [9.17, 15) is 5.11 Å². The quantitative estimate of drug-likeness (QED) is 0.782. The molecule has 1 aliphatic rings. The summed E-state index contributed by atoms with van der Waals surface area (Å²) in [6, 6.07) is 10.5. The zero-order valence-electron chi connectivity index (χ0n) is 15.9. The number of aromatic nitrogens is 2. The van der Waals surface area contributed by atoms with Gasteiger partial charge in [0, 0.05) is 48.5 Å². The molecule has 0 bridgehead atoms. The molecular formula is C22H27N3O. The van der Waals surface area contributed by atoms with Crippen molar-refractivity contribution in [1.29, 1.82) is 0 Å². The number of pyridine rings is 1. The van der Waals surface area contributed by atoms with E-state index < -0.39 is 5.60 Å². The highest BCUT2D eigenvalue weighted by Crippen LogP contribution is 2.35. The van der Waals surface area contributed by atoms with Crippen LogP contribution in [0.1, 0.15) is 35.7 Å². The average Bonchev–Trinajstić information content (AvgIpc) is 2.94. The number of likely N-dealkylation sites (N-methyl/N-ethyl adjacent to an activating group) is 1. The molecule has 0 fully saturated rings. The second-order valence-electron chi connectivity index (χ2n) is 7.64. The molecule has 26 heavy (non-hydrogen) atoms. The van der Waals surface area contributed by atoms with Crippen LogP contribution in [0.15, 0.2) is 42.7 Å². The average molecular weight is 349 g/mol. The van der Waals surface area contributed by atoms with Crippen LogP contribution in [0.25, 0.3) is 10.9 Å². The van der Waals surface area contributed by atoms with E-state index >= 15 is 0 Å². The number of nitrogens with zero attached hydrogens (tertiary/aromatic N) is 3. The van der Waals surface area contributed by atoms with Gasteiger partial charge in [-0.05, 0) is 55.8 Å². The van der Waals surface area contributed by atoms with E-state index in [4.69, 9.17) is 0 Å². The molecule has 1 aromatic carbocycles. The maximum absolute atomic E-state index is 11.5. The lowest BCUT2D eigenvalue weighted by Gasteiger charge is -2.31. The smallest absolute Gasteiger partial charge is 0.107 e. The van der Waals surface area contributed by atoms with Gasteiger partial charge in [-0.25, -0.2) is 0 Å². The molecule has 0 spiro atoms. The maximum Gasteiger partial charge on any atom is 0.107 e. The minimum atomic E-state index is -0.892. The third-order valence-electron chi connectivity index (χ3n) is 5.82. The highest BCUT2D eigenvalue weighted by atomic mass is 16.3. The number of hydrogen-bond acceptors (Lipinski definition) is 3. The van der Waals surface area contributed by atoms with Crippen molar-refractivity contribution in [2.45, 2.75) is 45.4 Å². The third-order valence-corrected chi connectivity index (χ3v) is 5.82. The second kappa shape index (κ2) is 6.53. The van der Waals surface area contributed by atoms with E-state index in [1.54, 1.807) is 12.4 Å². The van der Waals surface area contributed by atoms with Crippen LogP contribution in [0.4, 0.5) is 0 Å². The van der Waals surface area contributed by atoms with Crippen molar-refractivity contribution in [1.82, 2.24) is 14.5 Å². The molecule has 0 unspecified atom stereocenters. The van der Waals surface area contributed by atoms with Gasteiger partial charge in [0.15, 0.2) is 0 Å². The lowest BCUT2D eigenvalue weighted by atomic mass is 9.91. The van der Waals surface area contributed by atoms with Crippen molar-refractivity contribution >= 4 is 10.9 Å². The molecule has 4 heteroatoms. The highest BCUT2D eigenvalue weighted by Gasteiger charge is 2.31. The predicted octanol–water partition coefficient (Wildman–Crippen LogP) is 3.63. The second-order valence-corrected chi connectivity index (χ2v) is 7.64. The lowest BCUT2D eigenvalue weighted by Crippen LogP contribution is -2.33. The van der Waals surface area contributed by atoms with Crippen molar-refractivity contribution < 1.29 is 5.11 Å². The molecule has 3 aromatic rings. The summed E-state index contributed by atoms with van der Waals surface area (Å²) in [5.41, 5.74) is 5.36. The van der Waals surface area contributed by atoms with Crippen LogP contribution in [-0.2, 0) is 25.1 Å². The van der Waals surface area contributed by atoms with Gasteiger partial charge in [0.1, 0.15) is 5.60 Å². The fourth-order valence-corrected chi connectivity index (χ4v) is 4.21. The Hall–Kier alpha value is -2.17. The van der Waals surface area contributed by atoms with Crippen LogP contribution >= 0.6 is 0 Å². The van der Waals surface area contributed by atoms with Crippen molar-refractivity contribution in [3.63, 3.8) is 0 Å². The van der Waals surface area contributed by atoms with Gasteiger partial charge in [-0.15, -0.1) is 0 Å².